The molecule has 1 nitrogen and oxygen atoms in total. The third-order valence-corrected chi connectivity index (χ3v) is 4.35. The Bertz CT molecular complexity index is 153. The SMILES string of the molecule is SCCCSCCC1CC2OC2C1. The summed E-state index contributed by atoms with van der Waals surface area (Å²) < 4.78 is 5.41. The van der Waals surface area contributed by atoms with Crippen LogP contribution in [0.1, 0.15) is 25.7 Å². The van der Waals surface area contributed by atoms with Gasteiger partial charge in [0.2, 0.25) is 0 Å². The average Bonchev–Trinajstić information content (AvgIpc) is 2.74. The van der Waals surface area contributed by atoms with E-state index >= 15 is 0 Å². The second-order valence-corrected chi connectivity index (χ2v) is 5.70. The van der Waals surface area contributed by atoms with Crippen LogP contribution in [0.5, 0.6) is 0 Å². The molecular formula is C10H18OS2. The minimum absolute atomic E-state index is 0.674. The van der Waals surface area contributed by atoms with E-state index < -0.39 is 0 Å². The Morgan fingerprint density at radius 2 is 2.00 bits per heavy atom. The first-order valence-corrected chi connectivity index (χ1v) is 7.03. The van der Waals surface area contributed by atoms with Gasteiger partial charge in [-0.3, -0.25) is 0 Å². The molecule has 2 fully saturated rings. The van der Waals surface area contributed by atoms with Gasteiger partial charge in [-0.25, -0.2) is 0 Å². The fourth-order valence-corrected chi connectivity index (χ4v) is 3.53. The summed E-state index contributed by atoms with van der Waals surface area (Å²) in [6, 6.07) is 0. The highest BCUT2D eigenvalue weighted by molar-refractivity contribution is 7.99. The fourth-order valence-electron chi connectivity index (χ4n) is 2.10. The molecule has 0 bridgehead atoms. The van der Waals surface area contributed by atoms with E-state index in [2.05, 4.69) is 24.4 Å². The van der Waals surface area contributed by atoms with Crippen LogP contribution in [0.15, 0.2) is 0 Å². The molecular weight excluding hydrogens is 200 g/mol. The summed E-state index contributed by atoms with van der Waals surface area (Å²) in [5.74, 6) is 4.65. The molecule has 1 saturated heterocycles. The molecule has 2 atom stereocenters. The zero-order chi connectivity index (χ0) is 9.10. The molecule has 0 aromatic heterocycles. The number of epoxide rings is 1. The molecule has 0 N–H and O–H groups in total. The van der Waals surface area contributed by atoms with E-state index in [-0.39, 0.29) is 0 Å². The zero-order valence-corrected chi connectivity index (χ0v) is 9.66. The van der Waals surface area contributed by atoms with Gasteiger partial charge in [0, 0.05) is 0 Å². The molecule has 0 amide bonds. The molecule has 76 valence electrons. The highest BCUT2D eigenvalue weighted by atomic mass is 32.2. The third-order valence-electron chi connectivity index (χ3n) is 2.94. The van der Waals surface area contributed by atoms with Crippen molar-refractivity contribution in [3.05, 3.63) is 0 Å². The molecule has 1 saturated carbocycles. The van der Waals surface area contributed by atoms with Gasteiger partial charge in [-0.2, -0.15) is 24.4 Å². The van der Waals surface area contributed by atoms with Crippen molar-refractivity contribution in [2.45, 2.75) is 37.9 Å². The van der Waals surface area contributed by atoms with Crippen molar-refractivity contribution in [2.24, 2.45) is 5.92 Å². The van der Waals surface area contributed by atoms with Gasteiger partial charge in [0.15, 0.2) is 0 Å². The summed E-state index contributed by atoms with van der Waals surface area (Å²) in [5.41, 5.74) is 0. The van der Waals surface area contributed by atoms with E-state index in [0.717, 1.165) is 11.7 Å². The number of hydrogen-bond donors (Lipinski definition) is 1. The highest BCUT2D eigenvalue weighted by Gasteiger charge is 2.47. The van der Waals surface area contributed by atoms with E-state index in [9.17, 15) is 0 Å². The van der Waals surface area contributed by atoms with Crippen LogP contribution < -0.4 is 0 Å². The quantitative estimate of drug-likeness (QED) is 0.418. The van der Waals surface area contributed by atoms with Crippen LogP contribution in [-0.2, 0) is 4.74 Å². The van der Waals surface area contributed by atoms with Crippen LogP contribution in [0.3, 0.4) is 0 Å². The van der Waals surface area contributed by atoms with E-state index in [1.807, 2.05) is 0 Å². The van der Waals surface area contributed by atoms with Crippen LogP contribution in [0, 0.1) is 5.92 Å². The fraction of sp³-hybridized carbons (Fsp3) is 1.00. The maximum Gasteiger partial charge on any atom is 0.0844 e. The van der Waals surface area contributed by atoms with Crippen molar-refractivity contribution in [3.63, 3.8) is 0 Å². The molecule has 2 aliphatic rings. The monoisotopic (exact) mass is 218 g/mol. The molecule has 2 unspecified atom stereocenters. The molecule has 0 aromatic carbocycles. The lowest BCUT2D eigenvalue weighted by Gasteiger charge is -2.09. The minimum Gasteiger partial charge on any atom is -0.370 e. The van der Waals surface area contributed by atoms with Crippen molar-refractivity contribution in [3.8, 4) is 0 Å². The summed E-state index contributed by atoms with van der Waals surface area (Å²) in [4.78, 5) is 0. The number of rotatable bonds is 6. The van der Waals surface area contributed by atoms with Gasteiger partial charge in [0.05, 0.1) is 12.2 Å². The van der Waals surface area contributed by atoms with Gasteiger partial charge < -0.3 is 4.74 Å². The van der Waals surface area contributed by atoms with Crippen LogP contribution in [0.2, 0.25) is 0 Å². The summed E-state index contributed by atoms with van der Waals surface area (Å²) in [5, 5.41) is 0. The predicted octanol–water partition coefficient (Wildman–Crippen LogP) is 2.61. The normalized spacial score (nSPS) is 36.2. The number of fused-ring (bicyclic) bond motifs is 1. The van der Waals surface area contributed by atoms with E-state index in [4.69, 9.17) is 4.74 Å². The molecule has 0 radical (unpaired) electrons. The molecule has 2 rings (SSSR count). The molecule has 0 spiro atoms. The smallest absolute Gasteiger partial charge is 0.0844 e. The summed E-state index contributed by atoms with van der Waals surface area (Å²) in [7, 11) is 0. The van der Waals surface area contributed by atoms with Gasteiger partial charge >= 0.3 is 0 Å². The summed E-state index contributed by atoms with van der Waals surface area (Å²) in [6.07, 6.45) is 6.70. The summed E-state index contributed by atoms with van der Waals surface area (Å²) in [6.45, 7) is 0. The maximum atomic E-state index is 5.41. The van der Waals surface area contributed by atoms with Crippen molar-refractivity contribution in [2.75, 3.05) is 17.3 Å². The Morgan fingerprint density at radius 3 is 2.69 bits per heavy atom. The van der Waals surface area contributed by atoms with Crippen molar-refractivity contribution in [1.82, 2.24) is 0 Å². The van der Waals surface area contributed by atoms with Gasteiger partial charge in [-0.1, -0.05) is 0 Å². The molecule has 1 heterocycles. The Balaban J connectivity index is 1.44. The van der Waals surface area contributed by atoms with Crippen molar-refractivity contribution >= 4 is 24.4 Å². The maximum absolute atomic E-state index is 5.41. The molecule has 1 aliphatic carbocycles. The van der Waals surface area contributed by atoms with Crippen molar-refractivity contribution in [1.29, 1.82) is 0 Å². The lowest BCUT2D eigenvalue weighted by atomic mass is 10.1. The third kappa shape index (κ3) is 3.07. The molecule has 13 heavy (non-hydrogen) atoms. The van der Waals surface area contributed by atoms with Gasteiger partial charge in [-0.05, 0) is 48.9 Å². The van der Waals surface area contributed by atoms with Crippen LogP contribution in [0.25, 0.3) is 0 Å². The van der Waals surface area contributed by atoms with Crippen LogP contribution in [-0.4, -0.2) is 29.5 Å². The number of thioether (sulfide) groups is 1. The molecule has 0 aromatic rings. The van der Waals surface area contributed by atoms with E-state index in [1.165, 1.54) is 37.2 Å². The molecule has 3 heteroatoms. The second kappa shape index (κ2) is 4.94. The molecule has 1 aliphatic heterocycles. The lowest BCUT2D eigenvalue weighted by Crippen LogP contribution is -2.01. The minimum atomic E-state index is 0.674. The van der Waals surface area contributed by atoms with Gasteiger partial charge in [0.1, 0.15) is 0 Å². The van der Waals surface area contributed by atoms with E-state index in [0.29, 0.717) is 12.2 Å². The Hall–Kier alpha value is 0.660. The Morgan fingerprint density at radius 1 is 1.23 bits per heavy atom. The van der Waals surface area contributed by atoms with E-state index in [1.54, 1.807) is 0 Å². The average molecular weight is 218 g/mol. The first kappa shape index (κ1) is 10.2. The second-order valence-electron chi connectivity index (χ2n) is 4.03. The standard InChI is InChI=1S/C10H18OS2/c12-3-1-4-13-5-2-8-6-9-10(7-8)11-9/h8-10,12H,1-7H2. The number of thiol groups is 1. The largest absolute Gasteiger partial charge is 0.370 e. The first-order valence-electron chi connectivity index (χ1n) is 5.24. The number of hydrogen-bond acceptors (Lipinski definition) is 3. The van der Waals surface area contributed by atoms with Crippen LogP contribution >= 0.6 is 24.4 Å². The van der Waals surface area contributed by atoms with Crippen LogP contribution in [0.4, 0.5) is 0 Å². The predicted molar refractivity (Wildman–Crippen MR) is 61.8 cm³/mol. The Kier molecular flexibility index (Phi) is 3.87. The highest BCUT2D eigenvalue weighted by Crippen LogP contribution is 2.43. The van der Waals surface area contributed by atoms with Crippen molar-refractivity contribution < 1.29 is 4.74 Å². The zero-order valence-electron chi connectivity index (χ0n) is 7.95. The first-order chi connectivity index (χ1) is 6.40. The van der Waals surface area contributed by atoms with Gasteiger partial charge in [0.25, 0.3) is 0 Å². The summed E-state index contributed by atoms with van der Waals surface area (Å²) >= 11 is 6.29. The topological polar surface area (TPSA) is 12.5 Å². The van der Waals surface area contributed by atoms with Gasteiger partial charge in [-0.15, -0.1) is 0 Å². The lowest BCUT2D eigenvalue weighted by molar-refractivity contribution is 0.270. The Labute approximate surface area is 90.4 Å². The number of ether oxygens (including phenoxy) is 1.